The highest BCUT2D eigenvalue weighted by Gasteiger charge is 2.29. The van der Waals surface area contributed by atoms with Crippen molar-refractivity contribution in [2.24, 2.45) is 0 Å². The molecule has 1 aliphatic heterocycles. The summed E-state index contributed by atoms with van der Waals surface area (Å²) in [6.07, 6.45) is 0. The SMILES string of the molecule is Cc1cc(C#N)nc(N2CCN(S(=O)(=O)c3ccc(C)c(C)c3)CC2)n1. The first kappa shape index (κ1) is 18.3. The largest absolute Gasteiger partial charge is 0.338 e. The lowest BCUT2D eigenvalue weighted by molar-refractivity contribution is 0.382. The van der Waals surface area contributed by atoms with Crippen molar-refractivity contribution in [1.29, 1.82) is 5.26 Å². The molecule has 7 nitrogen and oxygen atoms in total. The zero-order valence-electron chi connectivity index (χ0n) is 15.1. The molecule has 136 valence electrons. The van der Waals surface area contributed by atoms with Crippen LogP contribution in [0, 0.1) is 32.1 Å². The highest BCUT2D eigenvalue weighted by Crippen LogP contribution is 2.21. The number of sulfonamides is 1. The summed E-state index contributed by atoms with van der Waals surface area (Å²) in [6.45, 7) is 7.36. The molecule has 0 aliphatic carbocycles. The van der Waals surface area contributed by atoms with Crippen LogP contribution in [0.15, 0.2) is 29.2 Å². The molecule has 0 atom stereocenters. The van der Waals surface area contributed by atoms with Crippen LogP contribution in [0.25, 0.3) is 0 Å². The predicted octanol–water partition coefficient (Wildman–Crippen LogP) is 1.78. The zero-order valence-corrected chi connectivity index (χ0v) is 15.9. The Bertz CT molecular complexity index is 974. The molecule has 1 saturated heterocycles. The number of hydrogen-bond donors (Lipinski definition) is 0. The summed E-state index contributed by atoms with van der Waals surface area (Å²) in [6, 6.07) is 8.87. The van der Waals surface area contributed by atoms with Crippen molar-refractivity contribution in [3.63, 3.8) is 0 Å². The van der Waals surface area contributed by atoms with Crippen LogP contribution in [0.1, 0.15) is 22.5 Å². The summed E-state index contributed by atoms with van der Waals surface area (Å²) in [5.74, 6) is 0.477. The summed E-state index contributed by atoms with van der Waals surface area (Å²) in [4.78, 5) is 10.8. The Morgan fingerprint density at radius 3 is 2.31 bits per heavy atom. The molecule has 2 aromatic rings. The molecule has 0 unspecified atom stereocenters. The van der Waals surface area contributed by atoms with Crippen LogP contribution in [0.3, 0.4) is 0 Å². The van der Waals surface area contributed by atoms with Crippen LogP contribution in [-0.2, 0) is 10.0 Å². The summed E-state index contributed by atoms with van der Waals surface area (Å²) in [5.41, 5.74) is 3.06. The van der Waals surface area contributed by atoms with Crippen molar-refractivity contribution in [1.82, 2.24) is 14.3 Å². The van der Waals surface area contributed by atoms with Crippen LogP contribution in [0.2, 0.25) is 0 Å². The molecule has 0 N–H and O–H groups in total. The van der Waals surface area contributed by atoms with Gasteiger partial charge in [0.1, 0.15) is 11.8 Å². The van der Waals surface area contributed by atoms with Crippen molar-refractivity contribution in [3.8, 4) is 6.07 Å². The van der Waals surface area contributed by atoms with Crippen LogP contribution in [0.5, 0.6) is 0 Å². The number of aryl methyl sites for hydroxylation is 3. The lowest BCUT2D eigenvalue weighted by Crippen LogP contribution is -2.49. The van der Waals surface area contributed by atoms with Gasteiger partial charge in [0.05, 0.1) is 4.90 Å². The number of rotatable bonds is 3. The third-order valence-corrected chi connectivity index (χ3v) is 6.49. The van der Waals surface area contributed by atoms with E-state index in [4.69, 9.17) is 5.26 Å². The van der Waals surface area contributed by atoms with E-state index in [0.717, 1.165) is 16.8 Å². The van der Waals surface area contributed by atoms with Crippen LogP contribution in [-0.4, -0.2) is 48.9 Å². The molecular formula is C18H21N5O2S. The smallest absolute Gasteiger partial charge is 0.243 e. The molecule has 26 heavy (non-hydrogen) atoms. The summed E-state index contributed by atoms with van der Waals surface area (Å²) in [7, 11) is -3.51. The lowest BCUT2D eigenvalue weighted by atomic mass is 10.1. The first-order valence-corrected chi connectivity index (χ1v) is 9.83. The fourth-order valence-electron chi connectivity index (χ4n) is 2.90. The van der Waals surface area contributed by atoms with Crippen LogP contribution in [0.4, 0.5) is 5.95 Å². The average Bonchev–Trinajstić information content (AvgIpc) is 2.63. The molecule has 0 spiro atoms. The first-order valence-electron chi connectivity index (χ1n) is 8.39. The maximum atomic E-state index is 12.9. The molecule has 2 heterocycles. The van der Waals surface area contributed by atoms with Gasteiger partial charge in [0.25, 0.3) is 0 Å². The van der Waals surface area contributed by atoms with E-state index in [-0.39, 0.29) is 0 Å². The maximum absolute atomic E-state index is 12.9. The van der Waals surface area contributed by atoms with Gasteiger partial charge in [-0.15, -0.1) is 0 Å². The molecule has 3 rings (SSSR count). The Morgan fingerprint density at radius 2 is 1.69 bits per heavy atom. The standard InChI is InChI=1S/C18H21N5O2S/c1-13-4-5-17(10-14(13)2)26(24,25)23-8-6-22(7-9-23)18-20-15(3)11-16(12-19)21-18/h4-5,10-11H,6-9H2,1-3H3. The molecule has 1 aliphatic rings. The first-order chi connectivity index (χ1) is 12.3. The Hall–Kier alpha value is -2.50. The number of piperazine rings is 1. The molecular weight excluding hydrogens is 350 g/mol. The third kappa shape index (κ3) is 3.54. The molecule has 1 fully saturated rings. The number of benzene rings is 1. The summed E-state index contributed by atoms with van der Waals surface area (Å²) in [5, 5.41) is 9.06. The van der Waals surface area contributed by atoms with Crippen molar-refractivity contribution in [2.75, 3.05) is 31.1 Å². The van der Waals surface area contributed by atoms with Gasteiger partial charge in [-0.25, -0.2) is 18.4 Å². The minimum Gasteiger partial charge on any atom is -0.338 e. The molecule has 0 saturated carbocycles. The zero-order chi connectivity index (χ0) is 18.9. The second-order valence-corrected chi connectivity index (χ2v) is 8.38. The molecule has 0 amide bonds. The molecule has 8 heteroatoms. The predicted molar refractivity (Wildman–Crippen MR) is 98.4 cm³/mol. The molecule has 1 aromatic carbocycles. The van der Waals surface area contributed by atoms with Gasteiger partial charge in [0.15, 0.2) is 0 Å². The van der Waals surface area contributed by atoms with Crippen molar-refractivity contribution >= 4 is 16.0 Å². The Morgan fingerprint density at radius 1 is 1.00 bits per heavy atom. The van der Waals surface area contributed by atoms with E-state index in [0.29, 0.717) is 42.7 Å². The fourth-order valence-corrected chi connectivity index (χ4v) is 4.41. The van der Waals surface area contributed by atoms with E-state index in [9.17, 15) is 8.42 Å². The van der Waals surface area contributed by atoms with Crippen molar-refractivity contribution in [2.45, 2.75) is 25.7 Å². The number of hydrogen-bond acceptors (Lipinski definition) is 6. The average molecular weight is 371 g/mol. The Balaban J connectivity index is 1.76. The van der Waals surface area contributed by atoms with Gasteiger partial charge in [0, 0.05) is 31.9 Å². The highest BCUT2D eigenvalue weighted by molar-refractivity contribution is 7.89. The normalized spacial score (nSPS) is 15.7. The van der Waals surface area contributed by atoms with E-state index in [2.05, 4.69) is 9.97 Å². The van der Waals surface area contributed by atoms with E-state index in [1.807, 2.05) is 37.8 Å². The number of nitrogens with zero attached hydrogens (tertiary/aromatic N) is 5. The topological polar surface area (TPSA) is 90.2 Å². The van der Waals surface area contributed by atoms with Gasteiger partial charge in [-0.2, -0.15) is 9.57 Å². The third-order valence-electron chi connectivity index (χ3n) is 4.59. The van der Waals surface area contributed by atoms with Gasteiger partial charge >= 0.3 is 0 Å². The van der Waals surface area contributed by atoms with Crippen molar-refractivity contribution in [3.05, 3.63) is 46.8 Å². The maximum Gasteiger partial charge on any atom is 0.243 e. The van der Waals surface area contributed by atoms with Gasteiger partial charge in [-0.3, -0.25) is 0 Å². The molecule has 0 radical (unpaired) electrons. The molecule has 0 bridgehead atoms. The summed E-state index contributed by atoms with van der Waals surface area (Å²) >= 11 is 0. The van der Waals surface area contributed by atoms with Gasteiger partial charge in [0.2, 0.25) is 16.0 Å². The number of anilines is 1. The van der Waals surface area contributed by atoms with E-state index < -0.39 is 10.0 Å². The summed E-state index contributed by atoms with van der Waals surface area (Å²) < 4.78 is 27.3. The Labute approximate surface area is 154 Å². The molecule has 1 aromatic heterocycles. The second-order valence-electron chi connectivity index (χ2n) is 6.44. The van der Waals surface area contributed by atoms with Gasteiger partial charge < -0.3 is 4.90 Å². The quantitative estimate of drug-likeness (QED) is 0.817. The van der Waals surface area contributed by atoms with Gasteiger partial charge in [-0.1, -0.05) is 6.07 Å². The van der Waals surface area contributed by atoms with E-state index in [1.165, 1.54) is 4.31 Å². The number of nitriles is 1. The van der Waals surface area contributed by atoms with E-state index >= 15 is 0 Å². The minimum absolute atomic E-state index is 0.317. The van der Waals surface area contributed by atoms with Gasteiger partial charge in [-0.05, 0) is 50.1 Å². The van der Waals surface area contributed by atoms with Crippen molar-refractivity contribution < 1.29 is 8.42 Å². The minimum atomic E-state index is -3.51. The van der Waals surface area contributed by atoms with E-state index in [1.54, 1.807) is 18.2 Å². The second kappa shape index (κ2) is 7.02. The van der Waals surface area contributed by atoms with Crippen LogP contribution < -0.4 is 4.90 Å². The monoisotopic (exact) mass is 371 g/mol. The number of aromatic nitrogens is 2. The highest BCUT2D eigenvalue weighted by atomic mass is 32.2. The fraction of sp³-hybridized carbons (Fsp3) is 0.389. The Kier molecular flexibility index (Phi) is 4.94. The van der Waals surface area contributed by atoms with Crippen LogP contribution >= 0.6 is 0 Å². The lowest BCUT2D eigenvalue weighted by Gasteiger charge is -2.34.